The van der Waals surface area contributed by atoms with Gasteiger partial charge >= 0.3 is 5.97 Å². The van der Waals surface area contributed by atoms with E-state index in [0.29, 0.717) is 12.2 Å². The van der Waals surface area contributed by atoms with Crippen LogP contribution in [0.25, 0.3) is 0 Å². The van der Waals surface area contributed by atoms with Crippen molar-refractivity contribution in [1.82, 2.24) is 4.90 Å². The van der Waals surface area contributed by atoms with Gasteiger partial charge in [0.1, 0.15) is 0 Å². The largest absolute Gasteiger partial charge is 0.463 e. The zero-order valence-electron chi connectivity index (χ0n) is 8.21. The standard InChI is InChI=1S/C10H13NO3/c1-2-14-10(13)7-6-9(12)11-5-3-4-8(7)11/h2-6H2,1H3. The molecule has 14 heavy (non-hydrogen) atoms. The van der Waals surface area contributed by atoms with Gasteiger partial charge in [0, 0.05) is 12.2 Å². The molecule has 4 heteroatoms. The number of nitrogens with zero attached hydrogens (tertiary/aromatic N) is 1. The summed E-state index contributed by atoms with van der Waals surface area (Å²) in [5, 5.41) is 0. The van der Waals surface area contributed by atoms with Gasteiger partial charge in [0.2, 0.25) is 5.91 Å². The Morgan fingerprint density at radius 3 is 3.07 bits per heavy atom. The van der Waals surface area contributed by atoms with E-state index in [1.807, 2.05) is 0 Å². The molecule has 2 aliphatic rings. The summed E-state index contributed by atoms with van der Waals surface area (Å²) in [4.78, 5) is 24.6. The molecule has 0 aromatic carbocycles. The Balaban J connectivity index is 2.22. The second kappa shape index (κ2) is 3.44. The fraction of sp³-hybridized carbons (Fsp3) is 0.600. The van der Waals surface area contributed by atoms with Gasteiger partial charge in [-0.2, -0.15) is 0 Å². The zero-order valence-corrected chi connectivity index (χ0v) is 8.21. The third-order valence-electron chi connectivity index (χ3n) is 2.62. The fourth-order valence-corrected chi connectivity index (χ4v) is 2.02. The first-order valence-corrected chi connectivity index (χ1v) is 4.93. The highest BCUT2D eigenvalue weighted by Gasteiger charge is 2.36. The highest BCUT2D eigenvalue weighted by Crippen LogP contribution is 2.33. The number of hydrogen-bond donors (Lipinski definition) is 0. The van der Waals surface area contributed by atoms with Crippen LogP contribution in [0, 0.1) is 0 Å². The molecular formula is C10H13NO3. The monoisotopic (exact) mass is 195 g/mol. The molecule has 2 heterocycles. The van der Waals surface area contributed by atoms with E-state index in [-0.39, 0.29) is 18.3 Å². The Morgan fingerprint density at radius 1 is 1.57 bits per heavy atom. The molecular weight excluding hydrogens is 182 g/mol. The van der Waals surface area contributed by atoms with Crippen LogP contribution >= 0.6 is 0 Å². The van der Waals surface area contributed by atoms with Gasteiger partial charge in [-0.15, -0.1) is 0 Å². The minimum absolute atomic E-state index is 0.0422. The van der Waals surface area contributed by atoms with E-state index in [1.165, 1.54) is 0 Å². The lowest BCUT2D eigenvalue weighted by atomic mass is 10.1. The molecule has 0 aliphatic carbocycles. The van der Waals surface area contributed by atoms with Gasteiger partial charge in [0.25, 0.3) is 0 Å². The Morgan fingerprint density at radius 2 is 2.36 bits per heavy atom. The van der Waals surface area contributed by atoms with Crippen molar-refractivity contribution in [1.29, 1.82) is 0 Å². The molecule has 1 fully saturated rings. The van der Waals surface area contributed by atoms with Crippen LogP contribution in [-0.2, 0) is 14.3 Å². The number of amides is 1. The summed E-state index contributed by atoms with van der Waals surface area (Å²) in [7, 11) is 0. The predicted octanol–water partition coefficient (Wildman–Crippen LogP) is 0.830. The molecule has 0 unspecified atom stereocenters. The molecule has 0 saturated carbocycles. The van der Waals surface area contributed by atoms with Gasteiger partial charge in [-0.1, -0.05) is 0 Å². The van der Waals surface area contributed by atoms with Gasteiger partial charge in [-0.05, 0) is 19.8 Å². The Bertz CT molecular complexity index is 319. The van der Waals surface area contributed by atoms with E-state index in [0.717, 1.165) is 25.1 Å². The summed E-state index contributed by atoms with van der Waals surface area (Å²) < 4.78 is 4.91. The molecule has 2 rings (SSSR count). The van der Waals surface area contributed by atoms with Crippen molar-refractivity contribution in [2.45, 2.75) is 26.2 Å². The number of carbonyl (C=O) groups is 2. The maximum Gasteiger partial charge on any atom is 0.336 e. The fourth-order valence-electron chi connectivity index (χ4n) is 2.02. The van der Waals surface area contributed by atoms with Crippen LogP contribution in [0.1, 0.15) is 26.2 Å². The first-order valence-electron chi connectivity index (χ1n) is 4.93. The number of carbonyl (C=O) groups excluding carboxylic acids is 2. The van der Waals surface area contributed by atoms with E-state index in [1.54, 1.807) is 11.8 Å². The van der Waals surface area contributed by atoms with Crippen molar-refractivity contribution in [2.75, 3.05) is 13.2 Å². The molecule has 2 aliphatic heterocycles. The summed E-state index contributed by atoms with van der Waals surface area (Å²) in [5.41, 5.74) is 1.47. The normalized spacial score (nSPS) is 20.4. The topological polar surface area (TPSA) is 46.6 Å². The minimum atomic E-state index is -0.319. The molecule has 4 nitrogen and oxygen atoms in total. The third kappa shape index (κ3) is 1.31. The van der Waals surface area contributed by atoms with Crippen LogP contribution < -0.4 is 0 Å². The number of allylic oxidation sites excluding steroid dienone is 1. The van der Waals surface area contributed by atoms with E-state index in [9.17, 15) is 9.59 Å². The SMILES string of the molecule is CCOC(=O)C1=C2CCCN2C(=O)C1. The third-order valence-corrected chi connectivity index (χ3v) is 2.62. The molecule has 1 saturated heterocycles. The molecule has 0 aromatic heterocycles. The van der Waals surface area contributed by atoms with Gasteiger partial charge in [0.05, 0.1) is 18.6 Å². The van der Waals surface area contributed by atoms with Crippen molar-refractivity contribution in [2.24, 2.45) is 0 Å². The van der Waals surface area contributed by atoms with Crippen molar-refractivity contribution < 1.29 is 14.3 Å². The average molecular weight is 195 g/mol. The van der Waals surface area contributed by atoms with Crippen LogP contribution in [0.15, 0.2) is 11.3 Å². The number of fused-ring (bicyclic) bond motifs is 1. The van der Waals surface area contributed by atoms with Crippen LogP contribution in [0.4, 0.5) is 0 Å². The molecule has 0 atom stereocenters. The lowest BCUT2D eigenvalue weighted by molar-refractivity contribution is -0.139. The molecule has 0 bridgehead atoms. The lowest BCUT2D eigenvalue weighted by Gasteiger charge is -2.09. The lowest BCUT2D eigenvalue weighted by Crippen LogP contribution is -2.20. The molecule has 0 N–H and O–H groups in total. The van der Waals surface area contributed by atoms with Gasteiger partial charge in [0.15, 0.2) is 0 Å². The molecule has 76 valence electrons. The first kappa shape index (κ1) is 9.24. The van der Waals surface area contributed by atoms with Gasteiger partial charge in [-0.25, -0.2) is 4.79 Å². The predicted molar refractivity (Wildman–Crippen MR) is 49.2 cm³/mol. The quantitative estimate of drug-likeness (QED) is 0.613. The van der Waals surface area contributed by atoms with Crippen molar-refractivity contribution in [3.05, 3.63) is 11.3 Å². The summed E-state index contributed by atoms with van der Waals surface area (Å²) in [6.45, 7) is 2.90. The highest BCUT2D eigenvalue weighted by atomic mass is 16.5. The van der Waals surface area contributed by atoms with E-state index >= 15 is 0 Å². The smallest absolute Gasteiger partial charge is 0.336 e. The van der Waals surface area contributed by atoms with Crippen LogP contribution in [-0.4, -0.2) is 29.9 Å². The van der Waals surface area contributed by atoms with E-state index < -0.39 is 0 Å². The van der Waals surface area contributed by atoms with E-state index in [4.69, 9.17) is 4.74 Å². The van der Waals surface area contributed by atoms with Crippen molar-refractivity contribution in [3.8, 4) is 0 Å². The maximum atomic E-state index is 11.5. The summed E-state index contributed by atoms with van der Waals surface area (Å²) in [6, 6.07) is 0. The van der Waals surface area contributed by atoms with Gasteiger partial charge < -0.3 is 9.64 Å². The summed E-state index contributed by atoms with van der Waals surface area (Å²) in [5.74, 6) is -0.277. The van der Waals surface area contributed by atoms with Crippen LogP contribution in [0.5, 0.6) is 0 Å². The number of ether oxygens (including phenoxy) is 1. The van der Waals surface area contributed by atoms with Crippen molar-refractivity contribution in [3.63, 3.8) is 0 Å². The molecule has 0 aromatic rings. The van der Waals surface area contributed by atoms with Crippen LogP contribution in [0.3, 0.4) is 0 Å². The van der Waals surface area contributed by atoms with Crippen LogP contribution in [0.2, 0.25) is 0 Å². The van der Waals surface area contributed by atoms with E-state index in [2.05, 4.69) is 0 Å². The first-order chi connectivity index (χ1) is 6.74. The molecule has 0 spiro atoms. The number of esters is 1. The maximum absolute atomic E-state index is 11.5. The summed E-state index contributed by atoms with van der Waals surface area (Å²) in [6.07, 6.45) is 2.03. The average Bonchev–Trinajstić information content (AvgIpc) is 2.70. The van der Waals surface area contributed by atoms with Crippen molar-refractivity contribution >= 4 is 11.9 Å². The molecule has 1 amide bonds. The highest BCUT2D eigenvalue weighted by molar-refractivity contribution is 6.00. The number of hydrogen-bond acceptors (Lipinski definition) is 3. The zero-order chi connectivity index (χ0) is 10.1. The van der Waals surface area contributed by atoms with Gasteiger partial charge in [-0.3, -0.25) is 4.79 Å². The number of rotatable bonds is 2. The second-order valence-electron chi connectivity index (χ2n) is 3.47. The Labute approximate surface area is 82.5 Å². The second-order valence-corrected chi connectivity index (χ2v) is 3.47. The molecule has 0 radical (unpaired) electrons. The summed E-state index contributed by atoms with van der Waals surface area (Å²) >= 11 is 0. The Hall–Kier alpha value is -1.32. The Kier molecular flexibility index (Phi) is 2.27. The minimum Gasteiger partial charge on any atom is -0.463 e.